The van der Waals surface area contributed by atoms with E-state index < -0.39 is 5.60 Å². The maximum Gasteiger partial charge on any atom is 0.243 e. The second-order valence-corrected chi connectivity index (χ2v) is 4.01. The molecule has 0 aliphatic heterocycles. The molecule has 0 saturated carbocycles. The van der Waals surface area contributed by atoms with Crippen LogP contribution in [-0.2, 0) is 0 Å². The van der Waals surface area contributed by atoms with Gasteiger partial charge in [0.25, 0.3) is 0 Å². The lowest BCUT2D eigenvalue weighted by Gasteiger charge is -2.21. The van der Waals surface area contributed by atoms with E-state index in [9.17, 15) is 5.11 Å². The molecule has 0 aromatic carbocycles. The van der Waals surface area contributed by atoms with Crippen molar-refractivity contribution in [2.24, 2.45) is 0 Å². The summed E-state index contributed by atoms with van der Waals surface area (Å²) in [5, 5.41) is 20.6. The van der Waals surface area contributed by atoms with Crippen molar-refractivity contribution in [1.82, 2.24) is 15.2 Å². The maximum atomic E-state index is 9.77. The standard InChI is InChI=1S/C10H18N4O/c1-5-10(4,15)6-11-9-12-7(2)8(3)13-14-9/h15H,5-6H2,1-4H3,(H,11,12,14). The highest BCUT2D eigenvalue weighted by Gasteiger charge is 2.17. The van der Waals surface area contributed by atoms with Crippen molar-refractivity contribution in [2.75, 3.05) is 11.9 Å². The Balaban J connectivity index is 2.62. The van der Waals surface area contributed by atoms with Crippen LogP contribution >= 0.6 is 0 Å². The smallest absolute Gasteiger partial charge is 0.243 e. The first-order chi connectivity index (χ1) is 6.94. The monoisotopic (exact) mass is 210 g/mol. The Kier molecular flexibility index (Phi) is 3.57. The van der Waals surface area contributed by atoms with E-state index in [1.165, 1.54) is 0 Å². The Labute approximate surface area is 90.0 Å². The molecule has 15 heavy (non-hydrogen) atoms. The van der Waals surface area contributed by atoms with Crippen LogP contribution in [-0.4, -0.2) is 32.4 Å². The molecule has 1 unspecified atom stereocenters. The van der Waals surface area contributed by atoms with Crippen LogP contribution in [0.25, 0.3) is 0 Å². The van der Waals surface area contributed by atoms with Crippen LogP contribution in [0.2, 0.25) is 0 Å². The molecule has 1 aromatic heterocycles. The number of aryl methyl sites for hydroxylation is 2. The number of aliphatic hydroxyl groups is 1. The van der Waals surface area contributed by atoms with Crippen molar-refractivity contribution < 1.29 is 5.11 Å². The van der Waals surface area contributed by atoms with Gasteiger partial charge in [0, 0.05) is 6.54 Å². The van der Waals surface area contributed by atoms with E-state index in [1.54, 1.807) is 6.92 Å². The molecule has 0 spiro atoms. The fourth-order valence-electron chi connectivity index (χ4n) is 0.926. The Morgan fingerprint density at radius 2 is 1.93 bits per heavy atom. The molecule has 1 heterocycles. The van der Waals surface area contributed by atoms with Crippen LogP contribution < -0.4 is 5.32 Å². The Hall–Kier alpha value is -1.23. The summed E-state index contributed by atoms with van der Waals surface area (Å²) in [4.78, 5) is 4.21. The minimum absolute atomic E-state index is 0.424. The number of nitrogens with zero attached hydrogens (tertiary/aromatic N) is 3. The predicted octanol–water partition coefficient (Wildman–Crippen LogP) is 1.06. The Bertz CT molecular complexity index is 338. The van der Waals surface area contributed by atoms with Gasteiger partial charge in [-0.05, 0) is 27.2 Å². The van der Waals surface area contributed by atoms with Crippen LogP contribution in [0, 0.1) is 13.8 Å². The molecule has 2 N–H and O–H groups in total. The van der Waals surface area contributed by atoms with Crippen LogP contribution in [0.3, 0.4) is 0 Å². The topological polar surface area (TPSA) is 70.9 Å². The lowest BCUT2D eigenvalue weighted by Crippen LogP contribution is -2.33. The fraction of sp³-hybridized carbons (Fsp3) is 0.700. The van der Waals surface area contributed by atoms with Crippen LogP contribution in [0.5, 0.6) is 0 Å². The molecule has 0 radical (unpaired) electrons. The number of hydrogen-bond acceptors (Lipinski definition) is 5. The Morgan fingerprint density at radius 1 is 1.27 bits per heavy atom. The molecule has 0 bridgehead atoms. The van der Waals surface area contributed by atoms with Crippen molar-refractivity contribution in [3.63, 3.8) is 0 Å². The molecule has 1 atom stereocenters. The van der Waals surface area contributed by atoms with Gasteiger partial charge in [0.1, 0.15) is 0 Å². The second-order valence-electron chi connectivity index (χ2n) is 4.01. The van der Waals surface area contributed by atoms with Gasteiger partial charge in [-0.3, -0.25) is 0 Å². The zero-order chi connectivity index (χ0) is 11.5. The number of hydrogen-bond donors (Lipinski definition) is 2. The van der Waals surface area contributed by atoms with Gasteiger partial charge in [-0.2, -0.15) is 5.10 Å². The largest absolute Gasteiger partial charge is 0.388 e. The molecule has 5 nitrogen and oxygen atoms in total. The first kappa shape index (κ1) is 11.8. The van der Waals surface area contributed by atoms with Crippen molar-refractivity contribution in [2.45, 2.75) is 39.7 Å². The zero-order valence-corrected chi connectivity index (χ0v) is 9.70. The summed E-state index contributed by atoms with van der Waals surface area (Å²) < 4.78 is 0. The molecule has 1 aromatic rings. The van der Waals surface area contributed by atoms with Gasteiger partial charge in [-0.15, -0.1) is 5.10 Å². The normalized spacial score (nSPS) is 14.7. The molecule has 5 heteroatoms. The van der Waals surface area contributed by atoms with Gasteiger partial charge in [-0.1, -0.05) is 6.92 Å². The summed E-state index contributed by atoms with van der Waals surface area (Å²) in [7, 11) is 0. The highest BCUT2D eigenvalue weighted by atomic mass is 16.3. The van der Waals surface area contributed by atoms with E-state index in [0.29, 0.717) is 18.9 Å². The highest BCUT2D eigenvalue weighted by molar-refractivity contribution is 5.25. The summed E-state index contributed by atoms with van der Waals surface area (Å²) in [5.74, 6) is 0.465. The molecular weight excluding hydrogens is 192 g/mol. The van der Waals surface area contributed by atoms with Crippen molar-refractivity contribution >= 4 is 5.95 Å². The molecular formula is C10H18N4O. The van der Waals surface area contributed by atoms with Crippen LogP contribution in [0.15, 0.2) is 0 Å². The average Bonchev–Trinajstić information content (AvgIpc) is 2.20. The van der Waals surface area contributed by atoms with Gasteiger partial charge >= 0.3 is 0 Å². The zero-order valence-electron chi connectivity index (χ0n) is 9.70. The van der Waals surface area contributed by atoms with Crippen molar-refractivity contribution in [3.05, 3.63) is 11.4 Å². The molecule has 0 saturated heterocycles. The highest BCUT2D eigenvalue weighted by Crippen LogP contribution is 2.09. The minimum atomic E-state index is -0.734. The lowest BCUT2D eigenvalue weighted by molar-refractivity contribution is 0.0695. The molecule has 0 aliphatic carbocycles. The summed E-state index contributed by atoms with van der Waals surface area (Å²) >= 11 is 0. The van der Waals surface area contributed by atoms with Gasteiger partial charge in [-0.25, -0.2) is 4.98 Å². The predicted molar refractivity (Wildman–Crippen MR) is 58.7 cm³/mol. The summed E-state index contributed by atoms with van der Waals surface area (Å²) in [6.45, 7) is 7.87. The first-order valence-corrected chi connectivity index (χ1v) is 5.09. The number of aromatic nitrogens is 3. The Morgan fingerprint density at radius 3 is 2.47 bits per heavy atom. The van der Waals surface area contributed by atoms with Crippen molar-refractivity contribution in [3.8, 4) is 0 Å². The van der Waals surface area contributed by atoms with E-state index in [4.69, 9.17) is 0 Å². The quantitative estimate of drug-likeness (QED) is 0.777. The van der Waals surface area contributed by atoms with E-state index >= 15 is 0 Å². The average molecular weight is 210 g/mol. The second kappa shape index (κ2) is 4.53. The summed E-state index contributed by atoms with van der Waals surface area (Å²) in [5.41, 5.74) is 0.939. The van der Waals surface area contributed by atoms with Gasteiger partial charge in [0.2, 0.25) is 5.95 Å². The molecule has 0 fully saturated rings. The van der Waals surface area contributed by atoms with Gasteiger partial charge in [0.15, 0.2) is 0 Å². The van der Waals surface area contributed by atoms with E-state index in [-0.39, 0.29) is 0 Å². The molecule has 0 amide bonds. The lowest BCUT2D eigenvalue weighted by atomic mass is 10.0. The van der Waals surface area contributed by atoms with E-state index in [0.717, 1.165) is 11.4 Å². The van der Waals surface area contributed by atoms with Crippen molar-refractivity contribution in [1.29, 1.82) is 0 Å². The number of nitrogens with one attached hydrogen (secondary N) is 1. The van der Waals surface area contributed by atoms with Gasteiger partial charge < -0.3 is 10.4 Å². The van der Waals surface area contributed by atoms with Crippen LogP contribution in [0.1, 0.15) is 31.7 Å². The van der Waals surface area contributed by atoms with E-state index in [2.05, 4.69) is 20.5 Å². The third kappa shape index (κ3) is 3.43. The third-order valence-electron chi connectivity index (χ3n) is 2.48. The van der Waals surface area contributed by atoms with Crippen LogP contribution in [0.4, 0.5) is 5.95 Å². The molecule has 1 rings (SSSR count). The van der Waals surface area contributed by atoms with E-state index in [1.807, 2.05) is 20.8 Å². The SMILES string of the molecule is CCC(C)(O)CNc1nnc(C)c(C)n1. The summed E-state index contributed by atoms with van der Waals surface area (Å²) in [6, 6.07) is 0. The third-order valence-corrected chi connectivity index (χ3v) is 2.48. The molecule has 84 valence electrons. The number of anilines is 1. The maximum absolute atomic E-state index is 9.77. The minimum Gasteiger partial charge on any atom is -0.388 e. The summed E-state index contributed by atoms with van der Waals surface area (Å²) in [6.07, 6.45) is 0.679. The van der Waals surface area contributed by atoms with Gasteiger partial charge in [0.05, 0.1) is 17.0 Å². The molecule has 0 aliphatic rings. The number of rotatable bonds is 4. The fourth-order valence-corrected chi connectivity index (χ4v) is 0.926. The first-order valence-electron chi connectivity index (χ1n) is 5.09.